The van der Waals surface area contributed by atoms with E-state index in [4.69, 9.17) is 4.74 Å². The summed E-state index contributed by atoms with van der Waals surface area (Å²) in [6.45, 7) is 3.97. The van der Waals surface area contributed by atoms with Crippen molar-refractivity contribution in [1.29, 1.82) is 0 Å². The molecule has 2 atom stereocenters. The molecule has 6 heteroatoms. The third-order valence-corrected chi connectivity index (χ3v) is 4.62. The standard InChI is InChI=1S/C18H20BrN3O2/c1-12-11-20-9-7-16(12)22-17(23)15-6-3-8-21-18(15)24-14-5-2-4-13(19)10-14/h2-6,8,10,12,16,20H,7,9,11H2,1H3,(H,22,23). The van der Waals surface area contributed by atoms with Crippen LogP contribution < -0.4 is 15.4 Å². The van der Waals surface area contributed by atoms with E-state index in [0.717, 1.165) is 24.0 Å². The molecule has 0 saturated carbocycles. The SMILES string of the molecule is CC1CNCCC1NC(=O)c1cccnc1Oc1cccc(Br)c1. The van der Waals surface area contributed by atoms with E-state index in [0.29, 0.717) is 23.1 Å². The van der Waals surface area contributed by atoms with Gasteiger partial charge in [0.05, 0.1) is 0 Å². The van der Waals surface area contributed by atoms with Crippen molar-refractivity contribution >= 4 is 21.8 Å². The number of halogens is 1. The molecule has 1 aliphatic heterocycles. The monoisotopic (exact) mass is 389 g/mol. The Kier molecular flexibility index (Phi) is 5.48. The molecule has 0 spiro atoms. The Balaban J connectivity index is 1.77. The fraction of sp³-hybridized carbons (Fsp3) is 0.333. The van der Waals surface area contributed by atoms with Gasteiger partial charge in [-0.3, -0.25) is 4.79 Å². The Morgan fingerprint density at radius 1 is 1.38 bits per heavy atom. The summed E-state index contributed by atoms with van der Waals surface area (Å²) < 4.78 is 6.72. The van der Waals surface area contributed by atoms with Crippen LogP contribution in [0.4, 0.5) is 0 Å². The van der Waals surface area contributed by atoms with Crippen LogP contribution in [-0.2, 0) is 0 Å². The van der Waals surface area contributed by atoms with E-state index in [1.807, 2.05) is 24.3 Å². The summed E-state index contributed by atoms with van der Waals surface area (Å²) in [6, 6.07) is 11.1. The van der Waals surface area contributed by atoms with Crippen molar-refractivity contribution < 1.29 is 9.53 Å². The highest BCUT2D eigenvalue weighted by Crippen LogP contribution is 2.25. The van der Waals surface area contributed by atoms with Crippen LogP contribution in [0, 0.1) is 5.92 Å². The first kappa shape index (κ1) is 16.9. The maximum absolute atomic E-state index is 12.7. The molecule has 1 amide bonds. The predicted molar refractivity (Wildman–Crippen MR) is 96.4 cm³/mol. The molecule has 3 rings (SSSR count). The lowest BCUT2D eigenvalue weighted by atomic mass is 9.95. The Bertz CT molecular complexity index is 723. The van der Waals surface area contributed by atoms with Gasteiger partial charge in [-0.25, -0.2) is 4.98 Å². The molecule has 24 heavy (non-hydrogen) atoms. The summed E-state index contributed by atoms with van der Waals surface area (Å²) in [5.41, 5.74) is 0.447. The van der Waals surface area contributed by atoms with Crippen LogP contribution in [0.2, 0.25) is 0 Å². The highest BCUT2D eigenvalue weighted by atomic mass is 79.9. The van der Waals surface area contributed by atoms with Crippen molar-refractivity contribution in [2.75, 3.05) is 13.1 Å². The Hall–Kier alpha value is -1.92. The topological polar surface area (TPSA) is 63.2 Å². The zero-order valence-corrected chi connectivity index (χ0v) is 15.0. The lowest BCUT2D eigenvalue weighted by molar-refractivity contribution is 0.0911. The van der Waals surface area contributed by atoms with Gasteiger partial charge in [0.15, 0.2) is 0 Å². The molecule has 5 nitrogen and oxygen atoms in total. The Morgan fingerprint density at radius 3 is 3.04 bits per heavy atom. The number of hydrogen-bond acceptors (Lipinski definition) is 4. The number of carbonyl (C=O) groups is 1. The number of benzene rings is 1. The minimum atomic E-state index is -0.146. The first-order valence-electron chi connectivity index (χ1n) is 8.03. The van der Waals surface area contributed by atoms with Crippen molar-refractivity contribution in [3.8, 4) is 11.6 Å². The molecule has 0 radical (unpaired) electrons. The molecular weight excluding hydrogens is 370 g/mol. The number of rotatable bonds is 4. The molecule has 126 valence electrons. The molecule has 1 aromatic carbocycles. The van der Waals surface area contributed by atoms with E-state index in [-0.39, 0.29) is 11.9 Å². The third-order valence-electron chi connectivity index (χ3n) is 4.13. The first-order chi connectivity index (χ1) is 11.6. The van der Waals surface area contributed by atoms with Gasteiger partial charge in [-0.05, 0) is 55.8 Å². The summed E-state index contributed by atoms with van der Waals surface area (Å²) in [7, 11) is 0. The number of pyridine rings is 1. The third kappa shape index (κ3) is 4.13. The van der Waals surface area contributed by atoms with Crippen molar-refractivity contribution in [3.63, 3.8) is 0 Å². The maximum atomic E-state index is 12.7. The summed E-state index contributed by atoms with van der Waals surface area (Å²) >= 11 is 3.41. The van der Waals surface area contributed by atoms with Gasteiger partial charge in [-0.15, -0.1) is 0 Å². The molecule has 2 unspecified atom stereocenters. The normalized spacial score (nSPS) is 20.4. The second kappa shape index (κ2) is 7.77. The number of aromatic nitrogens is 1. The molecule has 1 saturated heterocycles. The van der Waals surface area contributed by atoms with Gasteiger partial charge in [0.2, 0.25) is 5.88 Å². The summed E-state index contributed by atoms with van der Waals surface area (Å²) in [5, 5.41) is 6.45. The summed E-state index contributed by atoms with van der Waals surface area (Å²) in [5.74, 6) is 1.20. The fourth-order valence-electron chi connectivity index (χ4n) is 2.76. The van der Waals surface area contributed by atoms with Crippen LogP contribution >= 0.6 is 15.9 Å². The maximum Gasteiger partial charge on any atom is 0.257 e. The molecule has 1 fully saturated rings. The van der Waals surface area contributed by atoms with E-state index >= 15 is 0 Å². The van der Waals surface area contributed by atoms with E-state index in [1.165, 1.54) is 0 Å². The number of piperidine rings is 1. The summed E-state index contributed by atoms with van der Waals surface area (Å²) in [6.07, 6.45) is 2.55. The number of hydrogen-bond donors (Lipinski definition) is 2. The minimum Gasteiger partial charge on any atom is -0.438 e. The molecule has 2 aromatic rings. The van der Waals surface area contributed by atoms with Crippen molar-refractivity contribution in [1.82, 2.24) is 15.6 Å². The smallest absolute Gasteiger partial charge is 0.257 e. The number of nitrogens with one attached hydrogen (secondary N) is 2. The van der Waals surface area contributed by atoms with E-state index in [9.17, 15) is 4.79 Å². The largest absolute Gasteiger partial charge is 0.438 e. The minimum absolute atomic E-state index is 0.146. The van der Waals surface area contributed by atoms with Crippen LogP contribution in [0.1, 0.15) is 23.7 Å². The fourth-order valence-corrected chi connectivity index (χ4v) is 3.14. The number of ether oxygens (including phenoxy) is 1. The van der Waals surface area contributed by atoms with Gasteiger partial charge in [-0.2, -0.15) is 0 Å². The zero-order chi connectivity index (χ0) is 16.9. The van der Waals surface area contributed by atoms with E-state index in [2.05, 4.69) is 38.5 Å². The van der Waals surface area contributed by atoms with Crippen LogP contribution in [-0.4, -0.2) is 30.0 Å². The number of nitrogens with zero attached hydrogens (tertiary/aromatic N) is 1. The first-order valence-corrected chi connectivity index (χ1v) is 8.83. The lowest BCUT2D eigenvalue weighted by Gasteiger charge is -2.30. The molecule has 0 aliphatic carbocycles. The second-order valence-corrected chi connectivity index (χ2v) is 6.88. The van der Waals surface area contributed by atoms with Gasteiger partial charge in [0.1, 0.15) is 11.3 Å². The van der Waals surface area contributed by atoms with Gasteiger partial charge in [0, 0.05) is 16.7 Å². The quantitative estimate of drug-likeness (QED) is 0.841. The van der Waals surface area contributed by atoms with Gasteiger partial charge in [0.25, 0.3) is 5.91 Å². The second-order valence-electron chi connectivity index (χ2n) is 5.97. The predicted octanol–water partition coefficient (Wildman–Crippen LogP) is 3.36. The van der Waals surface area contributed by atoms with Crippen molar-refractivity contribution in [2.45, 2.75) is 19.4 Å². The summed E-state index contributed by atoms with van der Waals surface area (Å²) in [4.78, 5) is 16.9. The average molecular weight is 390 g/mol. The van der Waals surface area contributed by atoms with E-state index in [1.54, 1.807) is 18.3 Å². The zero-order valence-electron chi connectivity index (χ0n) is 13.5. The van der Waals surface area contributed by atoms with Crippen LogP contribution in [0.3, 0.4) is 0 Å². The van der Waals surface area contributed by atoms with Gasteiger partial charge < -0.3 is 15.4 Å². The van der Waals surface area contributed by atoms with Crippen LogP contribution in [0.15, 0.2) is 47.1 Å². The highest BCUT2D eigenvalue weighted by Gasteiger charge is 2.24. The van der Waals surface area contributed by atoms with Gasteiger partial charge >= 0.3 is 0 Å². The molecule has 1 aromatic heterocycles. The average Bonchev–Trinajstić information content (AvgIpc) is 2.57. The van der Waals surface area contributed by atoms with Crippen LogP contribution in [0.25, 0.3) is 0 Å². The molecule has 2 N–H and O–H groups in total. The molecule has 2 heterocycles. The van der Waals surface area contributed by atoms with Crippen molar-refractivity contribution in [2.24, 2.45) is 5.92 Å². The van der Waals surface area contributed by atoms with Gasteiger partial charge in [-0.1, -0.05) is 28.9 Å². The number of carbonyl (C=O) groups excluding carboxylic acids is 1. The van der Waals surface area contributed by atoms with Crippen LogP contribution in [0.5, 0.6) is 11.6 Å². The van der Waals surface area contributed by atoms with Crippen molar-refractivity contribution in [3.05, 3.63) is 52.6 Å². The lowest BCUT2D eigenvalue weighted by Crippen LogP contribution is -2.48. The Labute approximate surface area is 149 Å². The Morgan fingerprint density at radius 2 is 2.25 bits per heavy atom. The molecule has 0 bridgehead atoms. The molecular formula is C18H20BrN3O2. The molecule has 1 aliphatic rings. The highest BCUT2D eigenvalue weighted by molar-refractivity contribution is 9.10. The van der Waals surface area contributed by atoms with E-state index < -0.39 is 0 Å². The number of amides is 1.